The minimum absolute atomic E-state index is 0.387. The average molecular weight is 217 g/mol. The summed E-state index contributed by atoms with van der Waals surface area (Å²) in [5.74, 6) is 2.41. The van der Waals surface area contributed by atoms with Gasteiger partial charge in [0, 0.05) is 28.3 Å². The zero-order valence-electron chi connectivity index (χ0n) is 9.21. The summed E-state index contributed by atoms with van der Waals surface area (Å²) >= 11 is 0. The lowest BCUT2D eigenvalue weighted by atomic mass is 10.0. The molecule has 0 saturated heterocycles. The second-order valence-electron chi connectivity index (χ2n) is 4.35. The van der Waals surface area contributed by atoms with Crippen molar-refractivity contribution in [3.63, 3.8) is 0 Å². The van der Waals surface area contributed by atoms with E-state index in [0.717, 1.165) is 30.8 Å². The van der Waals surface area contributed by atoms with Crippen molar-refractivity contribution in [1.82, 2.24) is 0 Å². The predicted octanol–water partition coefficient (Wildman–Crippen LogP) is 2.05. The van der Waals surface area contributed by atoms with Crippen LogP contribution in [0.3, 0.4) is 0 Å². The molecule has 0 aliphatic heterocycles. The van der Waals surface area contributed by atoms with Gasteiger partial charge in [-0.1, -0.05) is 19.8 Å². The molecule has 1 aliphatic rings. The fraction of sp³-hybridized carbons (Fsp3) is 1.00. The first-order valence-corrected chi connectivity index (χ1v) is 7.33. The van der Waals surface area contributed by atoms with E-state index in [4.69, 9.17) is 5.73 Å². The van der Waals surface area contributed by atoms with Crippen LogP contribution < -0.4 is 5.73 Å². The first kappa shape index (κ1) is 12.2. The standard InChI is InChI=1S/C11H23NOS/c1-2-3-8-14(13)9-7-10-5-4-6-11(10)12/h10-11H,2-9,12H2,1H3. The molecule has 3 unspecified atom stereocenters. The molecule has 3 heteroatoms. The van der Waals surface area contributed by atoms with E-state index < -0.39 is 10.8 Å². The zero-order valence-corrected chi connectivity index (χ0v) is 10.0. The largest absolute Gasteiger partial charge is 0.327 e. The van der Waals surface area contributed by atoms with Crippen molar-refractivity contribution in [3.05, 3.63) is 0 Å². The van der Waals surface area contributed by atoms with Gasteiger partial charge in [0.1, 0.15) is 0 Å². The monoisotopic (exact) mass is 217 g/mol. The lowest BCUT2D eigenvalue weighted by Crippen LogP contribution is -2.25. The molecule has 0 heterocycles. The topological polar surface area (TPSA) is 43.1 Å². The first-order valence-electron chi connectivity index (χ1n) is 5.84. The van der Waals surface area contributed by atoms with E-state index in [1.54, 1.807) is 0 Å². The van der Waals surface area contributed by atoms with E-state index in [9.17, 15) is 4.21 Å². The molecule has 0 radical (unpaired) electrons. The van der Waals surface area contributed by atoms with Crippen LogP contribution in [0.25, 0.3) is 0 Å². The highest BCUT2D eigenvalue weighted by atomic mass is 32.2. The fourth-order valence-electron chi connectivity index (χ4n) is 2.11. The molecule has 14 heavy (non-hydrogen) atoms. The van der Waals surface area contributed by atoms with Crippen LogP contribution in [-0.4, -0.2) is 21.8 Å². The molecule has 0 spiro atoms. The van der Waals surface area contributed by atoms with Crippen molar-refractivity contribution < 1.29 is 4.21 Å². The Labute approximate surface area is 90.1 Å². The van der Waals surface area contributed by atoms with Gasteiger partial charge in [-0.3, -0.25) is 4.21 Å². The number of hydrogen-bond acceptors (Lipinski definition) is 2. The van der Waals surface area contributed by atoms with Crippen molar-refractivity contribution in [3.8, 4) is 0 Å². The highest BCUT2D eigenvalue weighted by molar-refractivity contribution is 7.84. The summed E-state index contributed by atoms with van der Waals surface area (Å²) in [5.41, 5.74) is 5.97. The number of rotatable bonds is 6. The van der Waals surface area contributed by atoms with Gasteiger partial charge >= 0.3 is 0 Å². The summed E-state index contributed by atoms with van der Waals surface area (Å²) in [6, 6.07) is 0.387. The van der Waals surface area contributed by atoms with Crippen LogP contribution in [0.5, 0.6) is 0 Å². The maximum absolute atomic E-state index is 11.5. The van der Waals surface area contributed by atoms with Gasteiger partial charge in [0.2, 0.25) is 0 Å². The molecule has 84 valence electrons. The summed E-state index contributed by atoms with van der Waals surface area (Å²) in [7, 11) is -0.586. The Hall–Kier alpha value is 0.110. The number of hydrogen-bond donors (Lipinski definition) is 1. The van der Waals surface area contributed by atoms with Gasteiger partial charge in [0.15, 0.2) is 0 Å². The molecule has 0 bridgehead atoms. The van der Waals surface area contributed by atoms with E-state index in [0.29, 0.717) is 12.0 Å². The summed E-state index contributed by atoms with van der Waals surface area (Å²) in [5, 5.41) is 0. The lowest BCUT2D eigenvalue weighted by Gasteiger charge is -2.14. The van der Waals surface area contributed by atoms with Gasteiger partial charge in [-0.15, -0.1) is 0 Å². The number of unbranched alkanes of at least 4 members (excludes halogenated alkanes) is 1. The minimum atomic E-state index is -0.586. The van der Waals surface area contributed by atoms with Gasteiger partial charge in [-0.2, -0.15) is 0 Å². The van der Waals surface area contributed by atoms with Crippen molar-refractivity contribution in [2.24, 2.45) is 11.7 Å². The van der Waals surface area contributed by atoms with E-state index >= 15 is 0 Å². The van der Waals surface area contributed by atoms with Gasteiger partial charge in [0.25, 0.3) is 0 Å². The molecule has 1 saturated carbocycles. The molecular weight excluding hydrogens is 194 g/mol. The Morgan fingerprint density at radius 3 is 2.71 bits per heavy atom. The van der Waals surface area contributed by atoms with Crippen LogP contribution in [0.4, 0.5) is 0 Å². The minimum Gasteiger partial charge on any atom is -0.327 e. The molecule has 2 nitrogen and oxygen atoms in total. The van der Waals surface area contributed by atoms with Crippen LogP contribution in [-0.2, 0) is 10.8 Å². The fourth-order valence-corrected chi connectivity index (χ4v) is 3.49. The summed E-state index contributed by atoms with van der Waals surface area (Å²) in [4.78, 5) is 0. The molecule has 0 aromatic rings. The summed E-state index contributed by atoms with van der Waals surface area (Å²) < 4.78 is 11.5. The van der Waals surface area contributed by atoms with Crippen LogP contribution in [0, 0.1) is 5.92 Å². The molecule has 0 amide bonds. The maximum atomic E-state index is 11.5. The highest BCUT2D eigenvalue weighted by Crippen LogP contribution is 2.26. The first-order chi connectivity index (χ1) is 6.74. The van der Waals surface area contributed by atoms with E-state index in [-0.39, 0.29) is 0 Å². The van der Waals surface area contributed by atoms with E-state index in [1.165, 1.54) is 19.3 Å². The Kier molecular flexibility index (Phi) is 5.71. The van der Waals surface area contributed by atoms with Crippen molar-refractivity contribution in [2.75, 3.05) is 11.5 Å². The van der Waals surface area contributed by atoms with Crippen molar-refractivity contribution in [1.29, 1.82) is 0 Å². The van der Waals surface area contributed by atoms with Crippen molar-refractivity contribution >= 4 is 10.8 Å². The summed E-state index contributed by atoms with van der Waals surface area (Å²) in [6.45, 7) is 2.14. The van der Waals surface area contributed by atoms with E-state index in [2.05, 4.69) is 6.92 Å². The Morgan fingerprint density at radius 1 is 1.36 bits per heavy atom. The third-order valence-electron chi connectivity index (χ3n) is 3.16. The molecule has 1 aliphatic carbocycles. The Balaban J connectivity index is 2.10. The second kappa shape index (κ2) is 6.57. The second-order valence-corrected chi connectivity index (χ2v) is 6.04. The third kappa shape index (κ3) is 4.09. The molecular formula is C11H23NOS. The number of nitrogens with two attached hydrogens (primary N) is 1. The van der Waals surface area contributed by atoms with Gasteiger partial charge < -0.3 is 5.73 Å². The SMILES string of the molecule is CCCCS(=O)CCC1CCCC1N. The van der Waals surface area contributed by atoms with Crippen LogP contribution >= 0.6 is 0 Å². The van der Waals surface area contributed by atoms with Crippen molar-refractivity contribution in [2.45, 2.75) is 51.5 Å². The van der Waals surface area contributed by atoms with Crippen LogP contribution in [0.1, 0.15) is 45.4 Å². The maximum Gasteiger partial charge on any atom is 0.0238 e. The molecule has 0 aromatic heterocycles. The lowest BCUT2D eigenvalue weighted by molar-refractivity contribution is 0.468. The molecule has 3 atom stereocenters. The molecule has 0 aromatic carbocycles. The van der Waals surface area contributed by atoms with Crippen LogP contribution in [0.15, 0.2) is 0 Å². The average Bonchev–Trinajstić information content (AvgIpc) is 2.58. The van der Waals surface area contributed by atoms with Gasteiger partial charge in [-0.05, 0) is 31.6 Å². The zero-order chi connectivity index (χ0) is 10.4. The van der Waals surface area contributed by atoms with Gasteiger partial charge in [-0.25, -0.2) is 0 Å². The molecule has 1 rings (SSSR count). The quantitative estimate of drug-likeness (QED) is 0.740. The van der Waals surface area contributed by atoms with E-state index in [1.807, 2.05) is 0 Å². The predicted molar refractivity (Wildman–Crippen MR) is 62.7 cm³/mol. The summed E-state index contributed by atoms with van der Waals surface area (Å²) in [6.07, 6.45) is 7.03. The Morgan fingerprint density at radius 2 is 2.14 bits per heavy atom. The molecule has 1 fully saturated rings. The van der Waals surface area contributed by atoms with Gasteiger partial charge in [0.05, 0.1) is 0 Å². The molecule has 2 N–H and O–H groups in total. The highest BCUT2D eigenvalue weighted by Gasteiger charge is 2.23. The normalized spacial score (nSPS) is 29.3. The third-order valence-corrected chi connectivity index (χ3v) is 4.59. The van der Waals surface area contributed by atoms with Crippen LogP contribution in [0.2, 0.25) is 0 Å². The Bertz CT molecular complexity index is 184. The smallest absolute Gasteiger partial charge is 0.0238 e.